The molecule has 0 aromatic heterocycles. The highest BCUT2D eigenvalue weighted by Crippen LogP contribution is 2.27. The fraction of sp³-hybridized carbons (Fsp3) is 0.417. The highest BCUT2D eigenvalue weighted by molar-refractivity contribution is 6.36. The number of rotatable bonds is 9. The molecule has 2 rings (SSSR count). The van der Waals surface area contributed by atoms with E-state index < -0.39 is 6.04 Å². The molecule has 1 N–H and O–H groups in total. The minimum absolute atomic E-state index is 0.0355. The van der Waals surface area contributed by atoms with Crippen molar-refractivity contribution in [3.8, 4) is 0 Å². The summed E-state index contributed by atoms with van der Waals surface area (Å²) < 4.78 is 0. The zero-order chi connectivity index (χ0) is 22.3. The molecule has 0 radical (unpaired) electrons. The maximum absolute atomic E-state index is 13.2. The molecule has 0 aliphatic rings. The largest absolute Gasteiger partial charge is 0.352 e. The summed E-state index contributed by atoms with van der Waals surface area (Å²) in [6.45, 7) is 7.90. The first-order valence-corrected chi connectivity index (χ1v) is 11.1. The number of hydrogen-bond acceptors (Lipinski definition) is 2. The Hall–Kier alpha value is -2.04. The van der Waals surface area contributed by atoms with Crippen LogP contribution in [0.5, 0.6) is 0 Å². The fourth-order valence-corrected chi connectivity index (χ4v) is 3.57. The first-order valence-electron chi connectivity index (χ1n) is 10.3. The van der Waals surface area contributed by atoms with Gasteiger partial charge in [-0.2, -0.15) is 0 Å². The third-order valence-corrected chi connectivity index (χ3v) is 6.01. The van der Waals surface area contributed by atoms with Crippen LogP contribution in [0.2, 0.25) is 10.0 Å². The molecule has 0 aliphatic heterocycles. The Labute approximate surface area is 189 Å². The molecule has 0 aliphatic carbocycles. The van der Waals surface area contributed by atoms with Gasteiger partial charge in [-0.15, -0.1) is 0 Å². The lowest BCUT2D eigenvalue weighted by atomic mass is 10.1. The van der Waals surface area contributed by atoms with Gasteiger partial charge >= 0.3 is 0 Å². The van der Waals surface area contributed by atoms with Crippen LogP contribution in [0.15, 0.2) is 42.5 Å². The molecule has 0 unspecified atom stereocenters. The minimum atomic E-state index is -0.642. The Balaban J connectivity index is 2.21. The number of aryl methyl sites for hydroxylation is 2. The van der Waals surface area contributed by atoms with E-state index in [0.29, 0.717) is 28.5 Å². The molecule has 6 heteroatoms. The minimum Gasteiger partial charge on any atom is -0.352 e. The Morgan fingerprint density at radius 3 is 2.20 bits per heavy atom. The van der Waals surface area contributed by atoms with E-state index in [2.05, 4.69) is 5.32 Å². The topological polar surface area (TPSA) is 49.4 Å². The van der Waals surface area contributed by atoms with E-state index in [1.165, 1.54) is 5.56 Å². The summed E-state index contributed by atoms with van der Waals surface area (Å²) in [6.07, 6.45) is 1.72. The van der Waals surface area contributed by atoms with E-state index in [9.17, 15) is 9.59 Å². The molecule has 0 heterocycles. The van der Waals surface area contributed by atoms with E-state index in [-0.39, 0.29) is 24.4 Å². The lowest BCUT2D eigenvalue weighted by Gasteiger charge is -2.30. The molecule has 2 atom stereocenters. The van der Waals surface area contributed by atoms with Gasteiger partial charge in [-0.05, 0) is 51.3 Å². The van der Waals surface area contributed by atoms with Crippen molar-refractivity contribution in [2.45, 2.75) is 65.6 Å². The number of nitrogens with one attached hydrogen (secondary N) is 1. The van der Waals surface area contributed by atoms with Crippen molar-refractivity contribution in [2.24, 2.45) is 0 Å². The van der Waals surface area contributed by atoms with Gasteiger partial charge in [-0.1, -0.05) is 66.0 Å². The number of carbonyl (C=O) groups is 2. The lowest BCUT2D eigenvalue weighted by molar-refractivity contribution is -0.140. The van der Waals surface area contributed by atoms with Crippen LogP contribution < -0.4 is 5.32 Å². The maximum Gasteiger partial charge on any atom is 0.242 e. The molecule has 30 heavy (non-hydrogen) atoms. The molecule has 0 fully saturated rings. The van der Waals surface area contributed by atoms with Gasteiger partial charge in [0.1, 0.15) is 6.04 Å². The standard InChI is InChI=1S/C24H30Cl2N2O2/c1-5-17(3)27-24(30)18(4)28(15-20-21(25)7-6-8-22(20)26)23(29)14-13-19-11-9-16(2)10-12-19/h6-12,17-18H,5,13-15H2,1-4H3,(H,27,30)/t17-,18+/m1/s1. The van der Waals surface area contributed by atoms with Crippen LogP contribution in [0.4, 0.5) is 0 Å². The van der Waals surface area contributed by atoms with Gasteiger partial charge in [0.2, 0.25) is 11.8 Å². The van der Waals surface area contributed by atoms with Gasteiger partial charge in [-0.3, -0.25) is 9.59 Å². The van der Waals surface area contributed by atoms with Crippen LogP contribution in [0.25, 0.3) is 0 Å². The van der Waals surface area contributed by atoms with Gasteiger partial charge in [0.25, 0.3) is 0 Å². The van der Waals surface area contributed by atoms with Crippen molar-refractivity contribution in [1.29, 1.82) is 0 Å². The van der Waals surface area contributed by atoms with Crippen molar-refractivity contribution in [3.05, 3.63) is 69.2 Å². The lowest BCUT2D eigenvalue weighted by Crippen LogP contribution is -2.49. The van der Waals surface area contributed by atoms with Crippen LogP contribution in [-0.2, 0) is 22.6 Å². The summed E-state index contributed by atoms with van der Waals surface area (Å²) in [5.74, 6) is -0.297. The second-order valence-electron chi connectivity index (χ2n) is 7.70. The second-order valence-corrected chi connectivity index (χ2v) is 8.52. The summed E-state index contributed by atoms with van der Waals surface area (Å²) in [5, 5.41) is 3.92. The molecule has 4 nitrogen and oxygen atoms in total. The highest BCUT2D eigenvalue weighted by atomic mass is 35.5. The van der Waals surface area contributed by atoms with E-state index in [4.69, 9.17) is 23.2 Å². The zero-order valence-electron chi connectivity index (χ0n) is 18.0. The third-order valence-electron chi connectivity index (χ3n) is 5.31. The summed E-state index contributed by atoms with van der Waals surface area (Å²) in [4.78, 5) is 27.5. The van der Waals surface area contributed by atoms with Gasteiger partial charge in [-0.25, -0.2) is 0 Å². The molecule has 2 aromatic rings. The summed E-state index contributed by atoms with van der Waals surface area (Å²) >= 11 is 12.7. The summed E-state index contributed by atoms with van der Waals surface area (Å²) in [7, 11) is 0. The normalized spacial score (nSPS) is 12.9. The predicted molar refractivity (Wildman–Crippen MR) is 124 cm³/mol. The molecular weight excluding hydrogens is 419 g/mol. The van der Waals surface area contributed by atoms with Gasteiger partial charge in [0.15, 0.2) is 0 Å². The SMILES string of the molecule is CC[C@@H](C)NC(=O)[C@H](C)N(Cc1c(Cl)cccc1Cl)C(=O)CCc1ccc(C)cc1. The Morgan fingerprint density at radius 1 is 1.03 bits per heavy atom. The molecular formula is C24H30Cl2N2O2. The van der Waals surface area contributed by atoms with Crippen LogP contribution in [0.1, 0.15) is 50.3 Å². The van der Waals surface area contributed by atoms with E-state index in [1.54, 1.807) is 30.0 Å². The zero-order valence-corrected chi connectivity index (χ0v) is 19.6. The van der Waals surface area contributed by atoms with Crippen molar-refractivity contribution >= 4 is 35.0 Å². The first kappa shape index (κ1) is 24.2. The number of benzene rings is 2. The highest BCUT2D eigenvalue weighted by Gasteiger charge is 2.27. The number of amides is 2. The molecule has 0 bridgehead atoms. The van der Waals surface area contributed by atoms with Crippen LogP contribution in [0.3, 0.4) is 0 Å². The van der Waals surface area contributed by atoms with E-state index in [1.807, 2.05) is 45.0 Å². The summed E-state index contributed by atoms with van der Waals surface area (Å²) in [6, 6.07) is 12.7. The third kappa shape index (κ3) is 6.75. The Kier molecular flexibility index (Phi) is 9.19. The molecule has 162 valence electrons. The predicted octanol–water partition coefficient (Wildman–Crippen LogP) is 5.57. The quantitative estimate of drug-likeness (QED) is 0.545. The maximum atomic E-state index is 13.2. The Bertz CT molecular complexity index is 848. The molecule has 2 aromatic carbocycles. The fourth-order valence-electron chi connectivity index (χ4n) is 3.05. The van der Waals surface area contributed by atoms with Crippen molar-refractivity contribution in [3.63, 3.8) is 0 Å². The molecule has 0 saturated carbocycles. The first-order chi connectivity index (χ1) is 14.2. The number of hydrogen-bond donors (Lipinski definition) is 1. The van der Waals surface area contributed by atoms with Gasteiger partial charge in [0, 0.05) is 34.6 Å². The van der Waals surface area contributed by atoms with Crippen molar-refractivity contribution in [1.82, 2.24) is 10.2 Å². The average Bonchev–Trinajstić information content (AvgIpc) is 2.72. The van der Waals surface area contributed by atoms with Gasteiger partial charge < -0.3 is 10.2 Å². The van der Waals surface area contributed by atoms with Gasteiger partial charge in [0.05, 0.1) is 0 Å². The van der Waals surface area contributed by atoms with Crippen molar-refractivity contribution in [2.75, 3.05) is 0 Å². The average molecular weight is 449 g/mol. The number of nitrogens with zero attached hydrogens (tertiary/aromatic N) is 1. The molecule has 0 spiro atoms. The number of carbonyl (C=O) groups excluding carboxylic acids is 2. The monoisotopic (exact) mass is 448 g/mol. The van der Waals surface area contributed by atoms with Crippen LogP contribution in [-0.4, -0.2) is 28.8 Å². The Morgan fingerprint density at radius 2 is 1.63 bits per heavy atom. The number of halogens is 2. The second kappa shape index (κ2) is 11.4. The smallest absolute Gasteiger partial charge is 0.242 e. The summed E-state index contributed by atoms with van der Waals surface area (Å²) in [5.41, 5.74) is 2.91. The van der Waals surface area contributed by atoms with Crippen LogP contribution >= 0.6 is 23.2 Å². The molecule has 0 saturated heterocycles. The van der Waals surface area contributed by atoms with Crippen LogP contribution in [0, 0.1) is 6.92 Å². The van der Waals surface area contributed by atoms with E-state index >= 15 is 0 Å². The van der Waals surface area contributed by atoms with E-state index in [0.717, 1.165) is 12.0 Å². The molecule has 2 amide bonds. The van der Waals surface area contributed by atoms with Crippen molar-refractivity contribution < 1.29 is 9.59 Å².